The van der Waals surface area contributed by atoms with Crippen LogP contribution in [0.25, 0.3) is 0 Å². The van der Waals surface area contributed by atoms with Gasteiger partial charge in [0.05, 0.1) is 23.6 Å². The summed E-state index contributed by atoms with van der Waals surface area (Å²) in [6.07, 6.45) is 0. The molecule has 0 aliphatic heterocycles. The van der Waals surface area contributed by atoms with Crippen LogP contribution in [0.1, 0.15) is 15.9 Å². The van der Waals surface area contributed by atoms with E-state index in [2.05, 4.69) is 10.6 Å². The Balaban J connectivity index is 1.87. The molecule has 2 rings (SSSR count). The molecule has 0 atom stereocenters. The topological polar surface area (TPSA) is 67.4 Å². The number of ether oxygens (including phenoxy) is 1. The number of hydrogen-bond acceptors (Lipinski definition) is 4. The molecule has 5 nitrogen and oxygen atoms in total. The molecule has 0 aliphatic rings. The Morgan fingerprint density at radius 2 is 1.96 bits per heavy atom. The van der Waals surface area contributed by atoms with Gasteiger partial charge in [0.15, 0.2) is 0 Å². The number of benzene rings is 2. The summed E-state index contributed by atoms with van der Waals surface area (Å²) in [6, 6.07) is 14.5. The molecule has 0 saturated carbocycles. The lowest BCUT2D eigenvalue weighted by Crippen LogP contribution is -2.28. The van der Waals surface area contributed by atoms with Crippen molar-refractivity contribution in [3.63, 3.8) is 0 Å². The molecule has 0 radical (unpaired) electrons. The lowest BCUT2D eigenvalue weighted by atomic mass is 10.1. The number of thioether (sulfide) groups is 1. The Kier molecular flexibility index (Phi) is 8.47. The minimum Gasteiger partial charge on any atom is -0.383 e. The average Bonchev–Trinajstić information content (AvgIpc) is 2.62. The molecule has 0 saturated heterocycles. The zero-order chi connectivity index (χ0) is 18.8. The zero-order valence-electron chi connectivity index (χ0n) is 14.5. The van der Waals surface area contributed by atoms with E-state index in [0.29, 0.717) is 35.2 Å². The van der Waals surface area contributed by atoms with Gasteiger partial charge in [0.2, 0.25) is 5.91 Å². The van der Waals surface area contributed by atoms with E-state index in [0.717, 1.165) is 5.56 Å². The fourth-order valence-electron chi connectivity index (χ4n) is 2.23. The first-order valence-electron chi connectivity index (χ1n) is 8.08. The SMILES string of the molecule is COCCNC(=O)c1ccccc1NC(=O)CSCc1cccc(Cl)c1. The van der Waals surface area contributed by atoms with Crippen molar-refractivity contribution in [1.82, 2.24) is 5.32 Å². The number of carbonyl (C=O) groups is 2. The zero-order valence-corrected chi connectivity index (χ0v) is 16.0. The maximum absolute atomic E-state index is 12.2. The van der Waals surface area contributed by atoms with E-state index in [4.69, 9.17) is 16.3 Å². The van der Waals surface area contributed by atoms with E-state index >= 15 is 0 Å². The van der Waals surface area contributed by atoms with E-state index in [1.807, 2.05) is 24.3 Å². The highest BCUT2D eigenvalue weighted by atomic mass is 35.5. The Morgan fingerprint density at radius 3 is 2.73 bits per heavy atom. The van der Waals surface area contributed by atoms with E-state index in [1.54, 1.807) is 31.4 Å². The number of anilines is 1. The van der Waals surface area contributed by atoms with Crippen LogP contribution in [0.5, 0.6) is 0 Å². The second-order valence-corrected chi connectivity index (χ2v) is 6.89. The Bertz CT molecular complexity index is 755. The summed E-state index contributed by atoms with van der Waals surface area (Å²) in [4.78, 5) is 24.4. The first kappa shape index (κ1) is 20.3. The average molecular weight is 393 g/mol. The highest BCUT2D eigenvalue weighted by molar-refractivity contribution is 7.99. The van der Waals surface area contributed by atoms with Gasteiger partial charge in [-0.2, -0.15) is 0 Å². The predicted octanol–water partition coefficient (Wildman–Crippen LogP) is 3.59. The number of methoxy groups -OCH3 is 1. The van der Waals surface area contributed by atoms with Gasteiger partial charge in [-0.15, -0.1) is 11.8 Å². The summed E-state index contributed by atoms with van der Waals surface area (Å²) < 4.78 is 4.92. The Hall–Kier alpha value is -2.02. The van der Waals surface area contributed by atoms with Gasteiger partial charge in [-0.3, -0.25) is 9.59 Å². The fourth-order valence-corrected chi connectivity index (χ4v) is 3.21. The largest absolute Gasteiger partial charge is 0.383 e. The molecule has 0 spiro atoms. The highest BCUT2D eigenvalue weighted by Gasteiger charge is 2.12. The summed E-state index contributed by atoms with van der Waals surface area (Å²) in [5.41, 5.74) is 1.99. The van der Waals surface area contributed by atoms with Crippen LogP contribution < -0.4 is 10.6 Å². The van der Waals surface area contributed by atoms with Gasteiger partial charge in [-0.05, 0) is 29.8 Å². The van der Waals surface area contributed by atoms with Gasteiger partial charge in [0.25, 0.3) is 5.91 Å². The highest BCUT2D eigenvalue weighted by Crippen LogP contribution is 2.18. The smallest absolute Gasteiger partial charge is 0.253 e. The number of halogens is 1. The van der Waals surface area contributed by atoms with Crippen molar-refractivity contribution in [3.05, 3.63) is 64.7 Å². The van der Waals surface area contributed by atoms with Crippen molar-refractivity contribution in [2.45, 2.75) is 5.75 Å². The number of hydrogen-bond donors (Lipinski definition) is 2. The maximum Gasteiger partial charge on any atom is 0.253 e. The molecular weight excluding hydrogens is 372 g/mol. The van der Waals surface area contributed by atoms with Crippen molar-refractivity contribution in [3.8, 4) is 0 Å². The molecule has 0 unspecified atom stereocenters. The van der Waals surface area contributed by atoms with Crippen molar-refractivity contribution in [2.24, 2.45) is 0 Å². The van der Waals surface area contributed by atoms with Crippen LogP contribution in [0.4, 0.5) is 5.69 Å². The molecule has 0 heterocycles. The van der Waals surface area contributed by atoms with Crippen LogP contribution >= 0.6 is 23.4 Å². The van der Waals surface area contributed by atoms with Crippen LogP contribution in [-0.4, -0.2) is 37.8 Å². The monoisotopic (exact) mass is 392 g/mol. The predicted molar refractivity (Wildman–Crippen MR) is 107 cm³/mol. The lowest BCUT2D eigenvalue weighted by molar-refractivity contribution is -0.113. The van der Waals surface area contributed by atoms with Crippen molar-refractivity contribution in [1.29, 1.82) is 0 Å². The summed E-state index contributed by atoms with van der Waals surface area (Å²) >= 11 is 7.44. The van der Waals surface area contributed by atoms with Crippen molar-refractivity contribution >= 4 is 40.9 Å². The van der Waals surface area contributed by atoms with Crippen molar-refractivity contribution in [2.75, 3.05) is 31.3 Å². The van der Waals surface area contributed by atoms with E-state index in [9.17, 15) is 9.59 Å². The van der Waals surface area contributed by atoms with Gasteiger partial charge >= 0.3 is 0 Å². The maximum atomic E-state index is 12.2. The second kappa shape index (κ2) is 10.9. The van der Waals surface area contributed by atoms with E-state index in [-0.39, 0.29) is 17.6 Å². The molecule has 2 amide bonds. The van der Waals surface area contributed by atoms with E-state index in [1.165, 1.54) is 11.8 Å². The third-order valence-corrected chi connectivity index (χ3v) is 4.67. The number of amides is 2. The molecule has 2 aromatic carbocycles. The molecule has 26 heavy (non-hydrogen) atoms. The molecule has 138 valence electrons. The van der Waals surface area contributed by atoms with Crippen molar-refractivity contribution < 1.29 is 14.3 Å². The van der Waals surface area contributed by atoms with Gasteiger partial charge in [0.1, 0.15) is 0 Å². The number of para-hydroxylation sites is 1. The summed E-state index contributed by atoms with van der Waals surface area (Å²) in [7, 11) is 1.57. The van der Waals surface area contributed by atoms with E-state index < -0.39 is 0 Å². The lowest BCUT2D eigenvalue weighted by Gasteiger charge is -2.11. The minimum absolute atomic E-state index is 0.158. The first-order chi connectivity index (χ1) is 12.6. The Labute approximate surface area is 162 Å². The van der Waals surface area contributed by atoms with Gasteiger partial charge < -0.3 is 15.4 Å². The van der Waals surface area contributed by atoms with Crippen LogP contribution in [-0.2, 0) is 15.3 Å². The minimum atomic E-state index is -0.246. The quantitative estimate of drug-likeness (QED) is 0.640. The third-order valence-electron chi connectivity index (χ3n) is 3.43. The van der Waals surface area contributed by atoms with Crippen LogP contribution in [0.3, 0.4) is 0 Å². The standard InChI is InChI=1S/C19H21ClN2O3S/c1-25-10-9-21-19(24)16-7-2-3-8-17(16)22-18(23)13-26-12-14-5-4-6-15(20)11-14/h2-8,11H,9-10,12-13H2,1H3,(H,21,24)(H,22,23). The summed E-state index contributed by atoms with van der Waals surface area (Å²) in [5, 5.41) is 6.23. The Morgan fingerprint density at radius 1 is 1.15 bits per heavy atom. The number of rotatable bonds is 9. The van der Waals surface area contributed by atoms with Crippen LogP contribution in [0.2, 0.25) is 5.02 Å². The van der Waals surface area contributed by atoms with Gasteiger partial charge in [-0.1, -0.05) is 35.9 Å². The molecule has 0 bridgehead atoms. The number of carbonyl (C=O) groups excluding carboxylic acids is 2. The fraction of sp³-hybridized carbons (Fsp3) is 0.263. The summed E-state index contributed by atoms with van der Waals surface area (Å²) in [5.74, 6) is 0.568. The van der Waals surface area contributed by atoms with Gasteiger partial charge in [0, 0.05) is 24.4 Å². The molecule has 0 aliphatic carbocycles. The molecule has 2 N–H and O–H groups in total. The molecular formula is C19H21ClN2O3S. The third kappa shape index (κ3) is 6.71. The molecule has 7 heteroatoms. The van der Waals surface area contributed by atoms with Crippen LogP contribution in [0.15, 0.2) is 48.5 Å². The van der Waals surface area contributed by atoms with Gasteiger partial charge in [-0.25, -0.2) is 0 Å². The van der Waals surface area contributed by atoms with Crippen LogP contribution in [0, 0.1) is 0 Å². The molecule has 0 fully saturated rings. The summed E-state index contributed by atoms with van der Waals surface area (Å²) in [6.45, 7) is 0.841. The first-order valence-corrected chi connectivity index (χ1v) is 9.61. The molecule has 0 aromatic heterocycles. The molecule has 2 aromatic rings. The normalized spacial score (nSPS) is 10.4. The second-order valence-electron chi connectivity index (χ2n) is 5.47. The number of nitrogens with one attached hydrogen (secondary N) is 2.